The lowest BCUT2D eigenvalue weighted by atomic mass is 10.0. The summed E-state index contributed by atoms with van der Waals surface area (Å²) in [6.45, 7) is 6.41. The number of allylic oxidation sites excluding steroid dienone is 18. The van der Waals surface area contributed by atoms with Crippen LogP contribution < -0.4 is 0 Å². The van der Waals surface area contributed by atoms with Gasteiger partial charge in [0.1, 0.15) is 13.2 Å². The fourth-order valence-corrected chi connectivity index (χ4v) is 8.64. The second-order valence-electron chi connectivity index (χ2n) is 20.6. The van der Waals surface area contributed by atoms with E-state index in [1.165, 1.54) is 109 Å². The van der Waals surface area contributed by atoms with Crippen LogP contribution in [0.1, 0.15) is 290 Å². The van der Waals surface area contributed by atoms with E-state index in [0.29, 0.717) is 19.3 Å². The minimum atomic E-state index is -0.791. The fourth-order valence-electron chi connectivity index (χ4n) is 8.64. The van der Waals surface area contributed by atoms with Crippen molar-refractivity contribution >= 4 is 17.9 Å². The zero-order valence-electron chi connectivity index (χ0n) is 49.0. The molecule has 0 spiro atoms. The Bertz CT molecular complexity index is 1520. The lowest BCUT2D eigenvalue weighted by Crippen LogP contribution is -2.30. The highest BCUT2D eigenvalue weighted by atomic mass is 16.6. The van der Waals surface area contributed by atoms with Crippen LogP contribution in [0, 0.1) is 0 Å². The van der Waals surface area contributed by atoms with Crippen LogP contribution in [0.2, 0.25) is 0 Å². The quantitative estimate of drug-likeness (QED) is 0.0261. The Hall–Kier alpha value is -3.93. The fraction of sp³-hybridized carbons (Fsp3) is 0.696. The summed E-state index contributed by atoms with van der Waals surface area (Å²) in [6, 6.07) is 0. The number of unbranched alkanes of at least 4 members (excludes halogenated alkanes) is 27. The first kappa shape index (κ1) is 71.1. The normalized spacial score (nSPS) is 12.8. The summed E-state index contributed by atoms with van der Waals surface area (Å²) in [7, 11) is 0. The van der Waals surface area contributed by atoms with Gasteiger partial charge in [-0.05, 0) is 103 Å². The maximum Gasteiger partial charge on any atom is 0.306 e. The molecule has 0 saturated heterocycles. The van der Waals surface area contributed by atoms with Crippen molar-refractivity contribution in [3.63, 3.8) is 0 Å². The molecule has 0 amide bonds. The second kappa shape index (κ2) is 62.6. The molecule has 428 valence electrons. The van der Waals surface area contributed by atoms with Crippen molar-refractivity contribution in [2.45, 2.75) is 297 Å². The number of esters is 3. The summed E-state index contributed by atoms with van der Waals surface area (Å²) in [6.07, 6.45) is 85.2. The molecule has 0 aliphatic carbocycles. The third-order valence-electron chi connectivity index (χ3n) is 13.3. The van der Waals surface area contributed by atoms with Crippen molar-refractivity contribution < 1.29 is 28.6 Å². The predicted molar refractivity (Wildman–Crippen MR) is 325 cm³/mol. The summed E-state index contributed by atoms with van der Waals surface area (Å²) in [5.41, 5.74) is 0. The molecular weight excluding hydrogens is 925 g/mol. The molecule has 0 aromatic heterocycles. The summed E-state index contributed by atoms with van der Waals surface area (Å²) in [5.74, 6) is -0.904. The zero-order valence-corrected chi connectivity index (χ0v) is 49.0. The summed E-state index contributed by atoms with van der Waals surface area (Å²) < 4.78 is 16.9. The van der Waals surface area contributed by atoms with E-state index >= 15 is 0 Å². The van der Waals surface area contributed by atoms with E-state index in [2.05, 4.69) is 130 Å². The Labute approximate surface area is 463 Å². The molecule has 6 nitrogen and oxygen atoms in total. The van der Waals surface area contributed by atoms with Crippen molar-refractivity contribution in [2.75, 3.05) is 13.2 Å². The van der Waals surface area contributed by atoms with Gasteiger partial charge in [-0.25, -0.2) is 0 Å². The van der Waals surface area contributed by atoms with Gasteiger partial charge in [0.05, 0.1) is 0 Å². The minimum absolute atomic E-state index is 0.0861. The highest BCUT2D eigenvalue weighted by Crippen LogP contribution is 2.16. The first-order valence-electron chi connectivity index (χ1n) is 31.4. The van der Waals surface area contributed by atoms with Gasteiger partial charge in [-0.2, -0.15) is 0 Å². The van der Waals surface area contributed by atoms with Crippen LogP contribution in [0.15, 0.2) is 109 Å². The SMILES string of the molecule is CC/C=C\C/C=C\C/C=C\C/C=C\C/C=C\C/C=C\CCCCCCCCCCC(=O)OCC(COC(=O)CCCCCCCCCCCCCCCCC)OC(=O)CCCCCCC/C=C\C/C=C\C/C=C\CC. The van der Waals surface area contributed by atoms with Crippen molar-refractivity contribution in [3.05, 3.63) is 109 Å². The predicted octanol–water partition coefficient (Wildman–Crippen LogP) is 21.4. The van der Waals surface area contributed by atoms with Crippen LogP contribution in [-0.2, 0) is 28.6 Å². The van der Waals surface area contributed by atoms with Crippen LogP contribution in [0.3, 0.4) is 0 Å². The maximum atomic E-state index is 12.9. The molecule has 1 unspecified atom stereocenters. The Morgan fingerprint density at radius 3 is 0.813 bits per heavy atom. The lowest BCUT2D eigenvalue weighted by molar-refractivity contribution is -0.167. The molecule has 0 aliphatic heterocycles. The van der Waals surface area contributed by atoms with Crippen molar-refractivity contribution in [2.24, 2.45) is 0 Å². The molecule has 0 aromatic rings. The Balaban J connectivity index is 4.34. The van der Waals surface area contributed by atoms with Gasteiger partial charge in [-0.1, -0.05) is 278 Å². The molecular formula is C69H116O6. The Kier molecular flexibility index (Phi) is 59.3. The van der Waals surface area contributed by atoms with E-state index in [1.807, 2.05) is 0 Å². The van der Waals surface area contributed by atoms with Gasteiger partial charge in [-0.3, -0.25) is 14.4 Å². The number of hydrogen-bond acceptors (Lipinski definition) is 6. The molecule has 75 heavy (non-hydrogen) atoms. The third kappa shape index (κ3) is 60.8. The molecule has 0 aliphatic rings. The van der Waals surface area contributed by atoms with Crippen LogP contribution in [0.4, 0.5) is 0 Å². The smallest absolute Gasteiger partial charge is 0.306 e. The molecule has 1 atom stereocenters. The molecule has 0 radical (unpaired) electrons. The average molecular weight is 1040 g/mol. The number of ether oxygens (including phenoxy) is 3. The van der Waals surface area contributed by atoms with Crippen molar-refractivity contribution in [1.29, 1.82) is 0 Å². The topological polar surface area (TPSA) is 78.9 Å². The van der Waals surface area contributed by atoms with Gasteiger partial charge in [0, 0.05) is 19.3 Å². The average Bonchev–Trinajstić information content (AvgIpc) is 3.41. The Morgan fingerprint density at radius 1 is 0.280 bits per heavy atom. The first-order valence-corrected chi connectivity index (χ1v) is 31.4. The van der Waals surface area contributed by atoms with E-state index in [9.17, 15) is 14.4 Å². The standard InChI is InChI=1S/C69H116O6/c1-4-7-10-13-16-19-22-25-28-29-30-31-32-33-34-35-36-37-38-39-42-44-47-50-53-56-59-62-68(71)74-65-66(75-69(72)63-60-57-54-51-48-45-41-27-24-21-18-15-12-9-6-3)64-73-67(70)61-58-55-52-49-46-43-40-26-23-20-17-14-11-8-5-2/h7,9-10,12,16,18-19,21,25,27-28,30-31,33-34,36-37,41,66H,4-6,8,11,13-15,17,20,22-24,26,29,32,35,38-40,42-65H2,1-3H3/b10-7-,12-9-,19-16-,21-18-,28-25-,31-30-,34-33-,37-36-,41-27-. The van der Waals surface area contributed by atoms with E-state index in [1.54, 1.807) is 0 Å². The summed E-state index contributed by atoms with van der Waals surface area (Å²) in [4.78, 5) is 38.3. The van der Waals surface area contributed by atoms with Gasteiger partial charge in [-0.15, -0.1) is 0 Å². The molecule has 6 heteroatoms. The van der Waals surface area contributed by atoms with Gasteiger partial charge >= 0.3 is 17.9 Å². The Morgan fingerprint density at radius 2 is 0.520 bits per heavy atom. The summed E-state index contributed by atoms with van der Waals surface area (Å²) >= 11 is 0. The van der Waals surface area contributed by atoms with E-state index in [0.717, 1.165) is 141 Å². The van der Waals surface area contributed by atoms with Crippen LogP contribution in [-0.4, -0.2) is 37.2 Å². The molecule has 0 N–H and O–H groups in total. The zero-order chi connectivity index (χ0) is 54.3. The monoisotopic (exact) mass is 1040 g/mol. The molecule has 0 rings (SSSR count). The van der Waals surface area contributed by atoms with Gasteiger partial charge in [0.15, 0.2) is 6.10 Å². The minimum Gasteiger partial charge on any atom is -0.462 e. The number of carbonyl (C=O) groups excluding carboxylic acids is 3. The number of hydrogen-bond donors (Lipinski definition) is 0. The maximum absolute atomic E-state index is 12.9. The van der Waals surface area contributed by atoms with Gasteiger partial charge in [0.2, 0.25) is 0 Å². The third-order valence-corrected chi connectivity index (χ3v) is 13.3. The molecule has 0 aromatic carbocycles. The summed E-state index contributed by atoms with van der Waals surface area (Å²) in [5, 5.41) is 0. The first-order chi connectivity index (χ1) is 37.0. The van der Waals surface area contributed by atoms with E-state index < -0.39 is 6.10 Å². The molecule has 0 fully saturated rings. The van der Waals surface area contributed by atoms with Crippen LogP contribution in [0.5, 0.6) is 0 Å². The van der Waals surface area contributed by atoms with Crippen LogP contribution in [0.25, 0.3) is 0 Å². The molecule has 0 bridgehead atoms. The van der Waals surface area contributed by atoms with Crippen molar-refractivity contribution in [3.8, 4) is 0 Å². The van der Waals surface area contributed by atoms with E-state index in [4.69, 9.17) is 14.2 Å². The highest BCUT2D eigenvalue weighted by Gasteiger charge is 2.19. The number of rotatable bonds is 56. The van der Waals surface area contributed by atoms with E-state index in [-0.39, 0.29) is 31.1 Å². The van der Waals surface area contributed by atoms with Gasteiger partial charge in [0.25, 0.3) is 0 Å². The largest absolute Gasteiger partial charge is 0.462 e. The highest BCUT2D eigenvalue weighted by molar-refractivity contribution is 5.71. The van der Waals surface area contributed by atoms with Crippen molar-refractivity contribution in [1.82, 2.24) is 0 Å². The lowest BCUT2D eigenvalue weighted by Gasteiger charge is -2.18. The second-order valence-corrected chi connectivity index (χ2v) is 20.6. The van der Waals surface area contributed by atoms with Gasteiger partial charge < -0.3 is 14.2 Å². The molecule has 0 heterocycles. The number of carbonyl (C=O) groups is 3. The van der Waals surface area contributed by atoms with Crippen LogP contribution >= 0.6 is 0 Å². The molecule has 0 saturated carbocycles.